The summed E-state index contributed by atoms with van der Waals surface area (Å²) in [6.07, 6.45) is 6.88. The molecule has 1 aromatic carbocycles. The Hall–Kier alpha value is -3.15. The molecule has 35 heavy (non-hydrogen) atoms. The van der Waals surface area contributed by atoms with Gasteiger partial charge < -0.3 is 5.11 Å². The first-order chi connectivity index (χ1) is 16.8. The minimum atomic E-state index is -2.36. The highest BCUT2D eigenvalue weighted by Gasteiger charge is 2.32. The minimum absolute atomic E-state index is 0.0495. The molecule has 11 heteroatoms. The molecular weight excluding hydrogens is 539 g/mol. The fourth-order valence-electron chi connectivity index (χ4n) is 4.15. The maximum Gasteiger partial charge on any atom is 0.340 e. The zero-order valence-corrected chi connectivity index (χ0v) is 20.7. The van der Waals surface area contributed by atoms with Gasteiger partial charge in [-0.15, -0.1) is 0 Å². The smallest absolute Gasteiger partial charge is 0.340 e. The van der Waals surface area contributed by atoms with Crippen LogP contribution < -0.4 is 4.31 Å². The van der Waals surface area contributed by atoms with Gasteiger partial charge in [0.1, 0.15) is 17.1 Å². The van der Waals surface area contributed by atoms with Crippen molar-refractivity contribution in [2.75, 3.05) is 10.8 Å². The van der Waals surface area contributed by atoms with Gasteiger partial charge in [0.05, 0.1) is 21.9 Å². The van der Waals surface area contributed by atoms with Gasteiger partial charge in [-0.25, -0.2) is 17.9 Å². The molecule has 3 aromatic heterocycles. The largest absolute Gasteiger partial charge is 0.478 e. The third-order valence-corrected chi connectivity index (χ3v) is 7.39. The topological polar surface area (TPSA) is 108 Å². The van der Waals surface area contributed by atoms with Crippen LogP contribution in [-0.4, -0.2) is 41.0 Å². The molecule has 180 valence electrons. The predicted molar refractivity (Wildman–Crippen MR) is 133 cm³/mol. The van der Waals surface area contributed by atoms with E-state index in [-0.39, 0.29) is 23.7 Å². The van der Waals surface area contributed by atoms with Crippen LogP contribution in [0.2, 0.25) is 0 Å². The molecule has 2 N–H and O–H groups in total. The molecule has 4 aromatic rings. The van der Waals surface area contributed by atoms with Crippen molar-refractivity contribution < 1.29 is 23.1 Å². The monoisotopic (exact) mass is 558 g/mol. The van der Waals surface area contributed by atoms with Gasteiger partial charge in [0.25, 0.3) is 11.3 Å². The molecule has 0 saturated heterocycles. The molecule has 8 nitrogen and oxygen atoms in total. The van der Waals surface area contributed by atoms with Crippen molar-refractivity contribution >= 4 is 44.4 Å². The van der Waals surface area contributed by atoms with Gasteiger partial charge in [0, 0.05) is 24.5 Å². The number of fused-ring (bicyclic) bond motifs is 1. The summed E-state index contributed by atoms with van der Waals surface area (Å²) in [5, 5.41) is 14.5. The van der Waals surface area contributed by atoms with E-state index < -0.39 is 23.1 Å². The number of carbonyl (C=O) groups is 1. The van der Waals surface area contributed by atoms with Crippen molar-refractivity contribution in [2.45, 2.75) is 25.2 Å². The summed E-state index contributed by atoms with van der Waals surface area (Å²) in [5.41, 5.74) is 3.25. The zero-order chi connectivity index (χ0) is 24.7. The number of hydrogen-bond donors (Lipinski definition) is 2. The fourth-order valence-corrected chi connectivity index (χ4v) is 4.96. The number of carboxylic acid groups (broad SMARTS) is 1. The molecule has 0 aliphatic heterocycles. The lowest BCUT2D eigenvalue weighted by Crippen LogP contribution is -2.29. The van der Waals surface area contributed by atoms with Gasteiger partial charge in [-0.2, -0.15) is 5.10 Å². The molecule has 0 bridgehead atoms. The Kier molecular flexibility index (Phi) is 6.39. The SMILES string of the molecule is O=C(O)c1c(-c2cccnc2)nn2cc(N(CCc3ccc(Br)c(F)c3)S(=O)O)c(C3CC3)cc12. The van der Waals surface area contributed by atoms with E-state index >= 15 is 0 Å². The number of rotatable bonds is 8. The van der Waals surface area contributed by atoms with Crippen LogP contribution in [-0.2, 0) is 17.7 Å². The number of carboxylic acids is 1. The first-order valence-corrected chi connectivity index (χ1v) is 12.7. The van der Waals surface area contributed by atoms with E-state index in [4.69, 9.17) is 0 Å². The highest BCUT2D eigenvalue weighted by Crippen LogP contribution is 2.46. The third-order valence-electron chi connectivity index (χ3n) is 5.99. The van der Waals surface area contributed by atoms with E-state index in [0.717, 1.165) is 18.4 Å². The summed E-state index contributed by atoms with van der Waals surface area (Å²) in [6.45, 7) is 0.151. The van der Waals surface area contributed by atoms with Crippen LogP contribution in [0.25, 0.3) is 16.8 Å². The zero-order valence-electron chi connectivity index (χ0n) is 18.3. The molecule has 1 aliphatic carbocycles. The number of hydrogen-bond acceptors (Lipinski definition) is 4. The number of aromatic nitrogens is 3. The molecule has 0 spiro atoms. The second-order valence-electron chi connectivity index (χ2n) is 8.32. The Bertz CT molecular complexity index is 1460. The Morgan fingerprint density at radius 1 is 1.29 bits per heavy atom. The average Bonchev–Trinajstić information content (AvgIpc) is 3.61. The maximum atomic E-state index is 13.9. The Morgan fingerprint density at radius 3 is 2.71 bits per heavy atom. The summed E-state index contributed by atoms with van der Waals surface area (Å²) in [6, 6.07) is 9.93. The summed E-state index contributed by atoms with van der Waals surface area (Å²) in [7, 11) is 0. The normalized spacial score (nSPS) is 14.3. The molecule has 5 rings (SSSR count). The van der Waals surface area contributed by atoms with Crippen LogP contribution in [0.3, 0.4) is 0 Å². The summed E-state index contributed by atoms with van der Waals surface area (Å²) < 4.78 is 39.6. The van der Waals surface area contributed by atoms with E-state index in [1.54, 1.807) is 48.9 Å². The lowest BCUT2D eigenvalue weighted by molar-refractivity contribution is 0.0699. The first-order valence-electron chi connectivity index (χ1n) is 10.9. The summed E-state index contributed by atoms with van der Waals surface area (Å²) >= 11 is 0.770. The average molecular weight is 559 g/mol. The standard InChI is InChI=1S/C24H20BrFN4O4S/c25-18-6-3-14(10-19(18)26)7-9-30(35(33)34)21-13-29-20(11-17(21)15-4-5-15)22(24(31)32)23(28-29)16-2-1-8-27-12-16/h1-3,6,8,10-13,15H,4-5,7,9H2,(H,31,32)(H,33,34). The van der Waals surface area contributed by atoms with Crippen LogP contribution >= 0.6 is 15.9 Å². The molecule has 1 fully saturated rings. The third kappa shape index (κ3) is 4.71. The number of anilines is 1. The van der Waals surface area contributed by atoms with Crippen molar-refractivity contribution in [3.05, 3.63) is 82.0 Å². The van der Waals surface area contributed by atoms with Gasteiger partial charge in [0.2, 0.25) is 0 Å². The molecule has 1 atom stereocenters. The quantitative estimate of drug-likeness (QED) is 0.293. The first kappa shape index (κ1) is 23.6. The molecule has 1 aliphatic rings. The van der Waals surface area contributed by atoms with Crippen LogP contribution in [0.15, 0.2) is 59.5 Å². The Labute approximate surface area is 211 Å². The van der Waals surface area contributed by atoms with Gasteiger partial charge >= 0.3 is 5.97 Å². The molecule has 1 unspecified atom stereocenters. The van der Waals surface area contributed by atoms with Crippen LogP contribution in [0.4, 0.5) is 10.1 Å². The Balaban J connectivity index is 1.60. The highest BCUT2D eigenvalue weighted by atomic mass is 79.9. The lowest BCUT2D eigenvalue weighted by Gasteiger charge is -2.23. The molecule has 1 saturated carbocycles. The summed E-state index contributed by atoms with van der Waals surface area (Å²) in [5.74, 6) is -1.36. The molecular formula is C24H20BrFN4O4S. The predicted octanol–water partition coefficient (Wildman–Crippen LogP) is 5.06. The van der Waals surface area contributed by atoms with Crippen LogP contribution in [0.1, 0.15) is 40.2 Å². The van der Waals surface area contributed by atoms with Crippen molar-refractivity contribution in [1.82, 2.24) is 14.6 Å². The van der Waals surface area contributed by atoms with E-state index in [1.807, 2.05) is 0 Å². The molecule has 0 amide bonds. The van der Waals surface area contributed by atoms with Crippen molar-refractivity contribution in [3.63, 3.8) is 0 Å². The van der Waals surface area contributed by atoms with Crippen LogP contribution in [0, 0.1) is 5.82 Å². The van der Waals surface area contributed by atoms with Crippen molar-refractivity contribution in [3.8, 4) is 11.3 Å². The maximum absolute atomic E-state index is 13.9. The summed E-state index contributed by atoms with van der Waals surface area (Å²) in [4.78, 5) is 16.3. The fraction of sp³-hybridized carbons (Fsp3) is 0.208. The number of nitrogens with zero attached hydrogens (tertiary/aromatic N) is 4. The number of pyridine rings is 2. The van der Waals surface area contributed by atoms with Gasteiger partial charge in [-0.3, -0.25) is 13.8 Å². The second-order valence-corrected chi connectivity index (χ2v) is 10.1. The Morgan fingerprint density at radius 2 is 2.09 bits per heavy atom. The number of aromatic carboxylic acids is 1. The number of halogens is 2. The van der Waals surface area contributed by atoms with Crippen molar-refractivity contribution in [1.29, 1.82) is 0 Å². The molecule has 3 heterocycles. The van der Waals surface area contributed by atoms with Gasteiger partial charge in [0.15, 0.2) is 0 Å². The van der Waals surface area contributed by atoms with E-state index in [2.05, 4.69) is 26.0 Å². The highest BCUT2D eigenvalue weighted by molar-refractivity contribution is 9.10. The van der Waals surface area contributed by atoms with Gasteiger partial charge in [-0.05, 0) is 82.6 Å². The van der Waals surface area contributed by atoms with E-state index in [0.29, 0.717) is 33.2 Å². The van der Waals surface area contributed by atoms with Crippen LogP contribution in [0.5, 0.6) is 0 Å². The van der Waals surface area contributed by atoms with Crippen molar-refractivity contribution in [2.24, 2.45) is 0 Å². The lowest BCUT2D eigenvalue weighted by atomic mass is 10.1. The van der Waals surface area contributed by atoms with E-state index in [1.165, 1.54) is 14.9 Å². The molecule has 0 radical (unpaired) electrons. The van der Waals surface area contributed by atoms with E-state index in [9.17, 15) is 23.1 Å². The minimum Gasteiger partial charge on any atom is -0.478 e. The number of benzene rings is 1. The second kappa shape index (κ2) is 9.48. The van der Waals surface area contributed by atoms with Gasteiger partial charge in [-0.1, -0.05) is 6.07 Å².